The van der Waals surface area contributed by atoms with Crippen LogP contribution in [0, 0.1) is 5.21 Å². The zero-order valence-corrected chi connectivity index (χ0v) is 16.2. The van der Waals surface area contributed by atoms with Crippen LogP contribution in [-0.4, -0.2) is 21.4 Å². The molecule has 5 nitrogen and oxygen atoms in total. The number of aromatic nitrogens is 1. The Morgan fingerprint density at radius 1 is 1.25 bits per heavy atom. The van der Waals surface area contributed by atoms with Gasteiger partial charge in [0.05, 0.1) is 19.3 Å². The number of benzene rings is 1. The second-order valence-electron chi connectivity index (χ2n) is 7.49. The molecule has 0 aliphatic rings. The maximum atomic E-state index is 12.2. The number of carbonyl (C=O) groups is 1. The van der Waals surface area contributed by atoms with Crippen LogP contribution in [0.2, 0.25) is 18.1 Å². The van der Waals surface area contributed by atoms with Gasteiger partial charge in [-0.05, 0) is 36.3 Å². The Morgan fingerprint density at radius 3 is 2.50 bits per heavy atom. The van der Waals surface area contributed by atoms with Crippen molar-refractivity contribution in [2.45, 2.75) is 45.5 Å². The van der Waals surface area contributed by atoms with Crippen LogP contribution in [-0.2, 0) is 15.8 Å². The molecule has 1 aromatic heterocycles. The van der Waals surface area contributed by atoms with Crippen molar-refractivity contribution < 1.29 is 18.7 Å². The van der Waals surface area contributed by atoms with Crippen LogP contribution < -0.4 is 4.73 Å². The molecule has 0 aliphatic carbocycles. The molecule has 0 spiro atoms. The number of rotatable bonds is 4. The molecule has 0 saturated carbocycles. The highest BCUT2D eigenvalue weighted by Crippen LogP contribution is 2.37. The Labute approximate surface area is 143 Å². The van der Waals surface area contributed by atoms with Crippen LogP contribution in [0.5, 0.6) is 0 Å². The minimum absolute atomic E-state index is 0.106. The first-order valence-electron chi connectivity index (χ1n) is 7.93. The quantitative estimate of drug-likeness (QED) is 0.365. The Morgan fingerprint density at radius 2 is 1.92 bits per heavy atom. The normalized spacial score (nSPS) is 12.4. The van der Waals surface area contributed by atoms with Gasteiger partial charge < -0.3 is 14.4 Å². The molecule has 0 N–H and O–H groups in total. The van der Waals surface area contributed by atoms with E-state index in [1.807, 2.05) is 6.07 Å². The van der Waals surface area contributed by atoms with E-state index in [2.05, 4.69) is 33.9 Å². The minimum Gasteiger partial charge on any atom is -0.618 e. The van der Waals surface area contributed by atoms with E-state index < -0.39 is 14.3 Å². The molecule has 0 amide bonds. The molecule has 0 atom stereocenters. The van der Waals surface area contributed by atoms with E-state index in [9.17, 15) is 10.0 Å². The van der Waals surface area contributed by atoms with Crippen molar-refractivity contribution in [1.82, 2.24) is 0 Å². The van der Waals surface area contributed by atoms with Crippen LogP contribution in [0.4, 0.5) is 0 Å². The van der Waals surface area contributed by atoms with Crippen LogP contribution in [0.25, 0.3) is 10.9 Å². The fraction of sp³-hybridized carbons (Fsp3) is 0.444. The number of esters is 1. The molecule has 0 aliphatic heterocycles. The zero-order chi connectivity index (χ0) is 18.1. The van der Waals surface area contributed by atoms with E-state index in [1.165, 1.54) is 13.3 Å². The van der Waals surface area contributed by atoms with E-state index >= 15 is 0 Å². The van der Waals surface area contributed by atoms with Crippen LogP contribution in [0.15, 0.2) is 30.5 Å². The van der Waals surface area contributed by atoms with Crippen molar-refractivity contribution >= 4 is 25.2 Å². The molecular weight excluding hydrogens is 322 g/mol. The van der Waals surface area contributed by atoms with Crippen molar-refractivity contribution in [3.05, 3.63) is 46.8 Å². The third kappa shape index (κ3) is 3.76. The molecule has 1 aromatic carbocycles. The van der Waals surface area contributed by atoms with Crippen molar-refractivity contribution in [3.8, 4) is 0 Å². The SMILES string of the molecule is COC(=O)c1ccc2c(cc(CO[Si](C)(C)C(C)(C)C)c[n+]2[O-])c1. The fourth-order valence-corrected chi connectivity index (χ4v) is 3.09. The average molecular weight is 347 g/mol. The average Bonchev–Trinajstić information content (AvgIpc) is 2.50. The number of fused-ring (bicyclic) bond motifs is 1. The summed E-state index contributed by atoms with van der Waals surface area (Å²) in [4.78, 5) is 11.7. The maximum absolute atomic E-state index is 12.2. The summed E-state index contributed by atoms with van der Waals surface area (Å²) in [6, 6.07) is 6.79. The highest BCUT2D eigenvalue weighted by molar-refractivity contribution is 6.74. The summed E-state index contributed by atoms with van der Waals surface area (Å²) in [7, 11) is -0.555. The second kappa shape index (κ2) is 6.53. The highest BCUT2D eigenvalue weighted by Gasteiger charge is 2.37. The number of hydrogen-bond donors (Lipinski definition) is 0. The third-order valence-corrected chi connectivity index (χ3v) is 9.19. The zero-order valence-electron chi connectivity index (χ0n) is 15.2. The number of hydrogen-bond acceptors (Lipinski definition) is 4. The van der Waals surface area contributed by atoms with Crippen LogP contribution in [0.3, 0.4) is 0 Å². The predicted molar refractivity (Wildman–Crippen MR) is 96.2 cm³/mol. The summed E-state index contributed by atoms with van der Waals surface area (Å²) in [6.07, 6.45) is 1.54. The van der Waals surface area contributed by atoms with Gasteiger partial charge in [0.25, 0.3) is 0 Å². The lowest BCUT2D eigenvalue weighted by Gasteiger charge is -2.36. The lowest BCUT2D eigenvalue weighted by atomic mass is 10.1. The minimum atomic E-state index is -1.89. The van der Waals surface area contributed by atoms with E-state index in [1.54, 1.807) is 18.2 Å². The highest BCUT2D eigenvalue weighted by atomic mass is 28.4. The maximum Gasteiger partial charge on any atom is 0.337 e. The summed E-state index contributed by atoms with van der Waals surface area (Å²) in [5.41, 5.74) is 1.73. The van der Waals surface area contributed by atoms with E-state index in [4.69, 9.17) is 9.16 Å². The van der Waals surface area contributed by atoms with Gasteiger partial charge in [-0.15, -0.1) is 0 Å². The van der Waals surface area contributed by atoms with Crippen LogP contribution in [0.1, 0.15) is 36.7 Å². The number of carbonyl (C=O) groups excluding carboxylic acids is 1. The summed E-state index contributed by atoms with van der Waals surface area (Å²) in [6.45, 7) is 11.3. The van der Waals surface area contributed by atoms with E-state index in [0.29, 0.717) is 23.1 Å². The Balaban J connectivity index is 2.33. The summed E-state index contributed by atoms with van der Waals surface area (Å²) in [5.74, 6) is -0.419. The lowest BCUT2D eigenvalue weighted by molar-refractivity contribution is -0.577. The number of nitrogens with zero attached hydrogens (tertiary/aromatic N) is 1. The molecular formula is C18H25NO4Si. The van der Waals surface area contributed by atoms with E-state index in [0.717, 1.165) is 10.3 Å². The van der Waals surface area contributed by atoms with Crippen molar-refractivity contribution in [1.29, 1.82) is 0 Å². The van der Waals surface area contributed by atoms with Gasteiger partial charge in [0.1, 0.15) is 0 Å². The Kier molecular flexibility index (Phi) is 5.01. The van der Waals surface area contributed by atoms with Gasteiger partial charge in [-0.3, -0.25) is 0 Å². The molecule has 130 valence electrons. The van der Waals surface area contributed by atoms with Gasteiger partial charge in [0, 0.05) is 17.0 Å². The third-order valence-electron chi connectivity index (χ3n) is 4.72. The number of pyridine rings is 1. The first-order valence-corrected chi connectivity index (χ1v) is 10.8. The van der Waals surface area contributed by atoms with Crippen molar-refractivity contribution in [3.63, 3.8) is 0 Å². The second-order valence-corrected chi connectivity index (χ2v) is 12.3. The first kappa shape index (κ1) is 18.4. The predicted octanol–water partition coefficient (Wildman–Crippen LogP) is 3.78. The molecule has 1 heterocycles. The molecule has 0 fully saturated rings. The molecule has 24 heavy (non-hydrogen) atoms. The van der Waals surface area contributed by atoms with Gasteiger partial charge >= 0.3 is 5.97 Å². The Bertz CT molecular complexity index is 765. The summed E-state index contributed by atoms with van der Waals surface area (Å²) < 4.78 is 11.7. The van der Waals surface area contributed by atoms with Gasteiger partial charge in [-0.25, -0.2) is 4.79 Å². The van der Waals surface area contributed by atoms with Crippen molar-refractivity contribution in [2.75, 3.05) is 7.11 Å². The number of ether oxygens (including phenoxy) is 1. The topological polar surface area (TPSA) is 62.5 Å². The van der Waals surface area contributed by atoms with Gasteiger partial charge in [0.2, 0.25) is 5.52 Å². The first-order chi connectivity index (χ1) is 11.0. The largest absolute Gasteiger partial charge is 0.618 e. The molecule has 6 heteroatoms. The summed E-state index contributed by atoms with van der Waals surface area (Å²) in [5, 5.41) is 13.0. The molecule has 2 aromatic rings. The molecule has 0 saturated heterocycles. The molecule has 0 unspecified atom stereocenters. The van der Waals surface area contributed by atoms with Crippen LogP contribution >= 0.6 is 0 Å². The fourth-order valence-electron chi connectivity index (χ4n) is 2.13. The molecule has 0 bridgehead atoms. The lowest BCUT2D eigenvalue weighted by Crippen LogP contribution is -2.40. The van der Waals surface area contributed by atoms with Gasteiger partial charge in [0.15, 0.2) is 14.5 Å². The van der Waals surface area contributed by atoms with Gasteiger partial charge in [-0.2, -0.15) is 4.73 Å². The van der Waals surface area contributed by atoms with E-state index in [-0.39, 0.29) is 5.04 Å². The standard InChI is InChI=1S/C18H25NO4Si/c1-18(2,3)24(5,6)23-12-13-9-15-10-14(17(20)22-4)7-8-16(15)19(21)11-13/h7-11H,12H2,1-6H3. The smallest absolute Gasteiger partial charge is 0.337 e. The molecule has 2 rings (SSSR count). The monoisotopic (exact) mass is 347 g/mol. The summed E-state index contributed by atoms with van der Waals surface area (Å²) >= 11 is 0. The van der Waals surface area contributed by atoms with Gasteiger partial charge in [-0.1, -0.05) is 20.8 Å². The van der Waals surface area contributed by atoms with Crippen molar-refractivity contribution in [2.24, 2.45) is 0 Å². The number of methoxy groups -OCH3 is 1. The molecule has 0 radical (unpaired) electrons. The Hall–Kier alpha value is -1.92.